The Morgan fingerprint density at radius 2 is 2.22 bits per heavy atom. The zero-order chi connectivity index (χ0) is 13.2. The largest absolute Gasteiger partial charge is 0.373 e. The average molecular weight is 269 g/mol. The Morgan fingerprint density at radius 1 is 1.50 bits per heavy atom. The molecule has 0 spiro atoms. The molecule has 1 N–H and O–H groups in total. The minimum Gasteiger partial charge on any atom is -0.373 e. The normalized spacial score (nSPS) is 15.9. The van der Waals surface area contributed by atoms with E-state index in [9.17, 15) is 8.42 Å². The summed E-state index contributed by atoms with van der Waals surface area (Å²) in [6, 6.07) is 3.12. The molecule has 1 fully saturated rings. The smallest absolute Gasteiger partial charge is 0.243 e. The minimum atomic E-state index is -3.39. The van der Waals surface area contributed by atoms with Crippen molar-refractivity contribution in [3.8, 4) is 0 Å². The van der Waals surface area contributed by atoms with Crippen LogP contribution in [0.25, 0.3) is 0 Å². The summed E-state index contributed by atoms with van der Waals surface area (Å²) in [5, 5.41) is 2.86. The monoisotopic (exact) mass is 269 g/mol. The van der Waals surface area contributed by atoms with E-state index in [0.717, 1.165) is 12.8 Å². The van der Waals surface area contributed by atoms with Crippen LogP contribution in [-0.2, 0) is 10.0 Å². The summed E-state index contributed by atoms with van der Waals surface area (Å²) in [6.07, 6.45) is 3.80. The maximum Gasteiger partial charge on any atom is 0.243 e. The number of anilines is 1. The van der Waals surface area contributed by atoms with Crippen molar-refractivity contribution in [1.82, 2.24) is 9.29 Å². The van der Waals surface area contributed by atoms with Gasteiger partial charge in [0, 0.05) is 32.4 Å². The lowest BCUT2D eigenvalue weighted by atomic mass is 10.4. The van der Waals surface area contributed by atoms with Gasteiger partial charge in [0.05, 0.1) is 4.90 Å². The van der Waals surface area contributed by atoms with E-state index in [4.69, 9.17) is 0 Å². The topological polar surface area (TPSA) is 62.3 Å². The third kappa shape index (κ3) is 2.81. The van der Waals surface area contributed by atoms with Gasteiger partial charge in [-0.15, -0.1) is 0 Å². The average Bonchev–Trinajstić information content (AvgIpc) is 3.19. The Balaban J connectivity index is 2.26. The molecule has 0 aliphatic heterocycles. The lowest BCUT2D eigenvalue weighted by molar-refractivity contribution is 0.412. The van der Waals surface area contributed by atoms with Crippen LogP contribution in [0, 0.1) is 5.92 Å². The van der Waals surface area contributed by atoms with Crippen molar-refractivity contribution >= 4 is 15.8 Å². The van der Waals surface area contributed by atoms with Gasteiger partial charge in [0.25, 0.3) is 0 Å². The molecule has 1 aliphatic carbocycles. The molecule has 5 nitrogen and oxygen atoms in total. The second-order valence-corrected chi connectivity index (χ2v) is 6.46. The van der Waals surface area contributed by atoms with Gasteiger partial charge in [0.1, 0.15) is 5.82 Å². The fourth-order valence-corrected chi connectivity index (χ4v) is 3.38. The standard InChI is InChI=1S/C12H19N3O2S/c1-3-15(9-10-4-5-10)18(16,17)11-6-7-14-12(8-11)13-2/h6-8,10H,3-5,9H2,1-2H3,(H,13,14). The molecule has 1 aliphatic rings. The summed E-state index contributed by atoms with van der Waals surface area (Å²) < 4.78 is 26.5. The second kappa shape index (κ2) is 5.24. The molecule has 1 heterocycles. The Labute approximate surface area is 108 Å². The number of nitrogens with one attached hydrogen (secondary N) is 1. The summed E-state index contributed by atoms with van der Waals surface area (Å²) in [5.74, 6) is 1.11. The van der Waals surface area contributed by atoms with Crippen molar-refractivity contribution in [2.45, 2.75) is 24.7 Å². The molecule has 0 aromatic carbocycles. The number of hydrogen-bond acceptors (Lipinski definition) is 4. The molecule has 1 aromatic rings. The summed E-state index contributed by atoms with van der Waals surface area (Å²) in [5.41, 5.74) is 0. The second-order valence-electron chi connectivity index (χ2n) is 4.53. The van der Waals surface area contributed by atoms with E-state index >= 15 is 0 Å². The van der Waals surface area contributed by atoms with E-state index in [-0.39, 0.29) is 0 Å². The molecule has 18 heavy (non-hydrogen) atoms. The summed E-state index contributed by atoms with van der Waals surface area (Å²) >= 11 is 0. The van der Waals surface area contributed by atoms with Gasteiger partial charge >= 0.3 is 0 Å². The number of aromatic nitrogens is 1. The van der Waals surface area contributed by atoms with Gasteiger partial charge in [-0.3, -0.25) is 0 Å². The maximum absolute atomic E-state index is 12.5. The molecule has 0 amide bonds. The Hall–Kier alpha value is -1.14. The fourth-order valence-electron chi connectivity index (χ4n) is 1.84. The first kappa shape index (κ1) is 13.3. The minimum absolute atomic E-state index is 0.310. The SMILES string of the molecule is CCN(CC1CC1)S(=O)(=O)c1ccnc(NC)c1. The van der Waals surface area contributed by atoms with Gasteiger partial charge < -0.3 is 5.32 Å². The van der Waals surface area contributed by atoms with Gasteiger partial charge in [-0.2, -0.15) is 4.31 Å². The van der Waals surface area contributed by atoms with E-state index < -0.39 is 10.0 Å². The number of hydrogen-bond donors (Lipinski definition) is 1. The highest BCUT2D eigenvalue weighted by Gasteiger charge is 2.30. The van der Waals surface area contributed by atoms with Crippen LogP contribution in [0.4, 0.5) is 5.82 Å². The molecule has 2 rings (SSSR count). The molecule has 1 saturated carbocycles. The van der Waals surface area contributed by atoms with Crippen molar-refractivity contribution in [3.05, 3.63) is 18.3 Å². The van der Waals surface area contributed by atoms with Crippen LogP contribution in [0.3, 0.4) is 0 Å². The van der Waals surface area contributed by atoms with E-state index in [1.54, 1.807) is 23.5 Å². The summed E-state index contributed by atoms with van der Waals surface area (Å²) in [7, 11) is -1.66. The maximum atomic E-state index is 12.5. The fraction of sp³-hybridized carbons (Fsp3) is 0.583. The van der Waals surface area contributed by atoms with Crippen LogP contribution < -0.4 is 5.32 Å². The molecule has 0 bridgehead atoms. The number of nitrogens with zero attached hydrogens (tertiary/aromatic N) is 2. The number of sulfonamides is 1. The van der Waals surface area contributed by atoms with Crippen LogP contribution in [0.5, 0.6) is 0 Å². The van der Waals surface area contributed by atoms with Crippen molar-refractivity contribution in [3.63, 3.8) is 0 Å². The first-order valence-electron chi connectivity index (χ1n) is 6.22. The number of pyridine rings is 1. The van der Waals surface area contributed by atoms with Gasteiger partial charge in [-0.05, 0) is 24.8 Å². The van der Waals surface area contributed by atoms with Crippen molar-refractivity contribution < 1.29 is 8.42 Å². The first-order chi connectivity index (χ1) is 8.57. The zero-order valence-corrected chi connectivity index (χ0v) is 11.6. The lowest BCUT2D eigenvalue weighted by Crippen LogP contribution is -2.32. The van der Waals surface area contributed by atoms with E-state index in [1.807, 2.05) is 6.92 Å². The van der Waals surface area contributed by atoms with Crippen molar-refractivity contribution in [2.24, 2.45) is 5.92 Å². The predicted octanol–water partition coefficient (Wildman–Crippen LogP) is 1.54. The lowest BCUT2D eigenvalue weighted by Gasteiger charge is -2.20. The van der Waals surface area contributed by atoms with Crippen molar-refractivity contribution in [2.75, 3.05) is 25.5 Å². The van der Waals surface area contributed by atoms with Gasteiger partial charge in [-0.1, -0.05) is 6.92 Å². The van der Waals surface area contributed by atoms with Crippen molar-refractivity contribution in [1.29, 1.82) is 0 Å². The van der Waals surface area contributed by atoms with Crippen LogP contribution in [-0.4, -0.2) is 37.8 Å². The Kier molecular flexibility index (Phi) is 3.87. The van der Waals surface area contributed by atoms with Crippen LogP contribution in [0.15, 0.2) is 23.2 Å². The molecule has 6 heteroatoms. The molecule has 0 radical (unpaired) electrons. The van der Waals surface area contributed by atoms with Gasteiger partial charge in [-0.25, -0.2) is 13.4 Å². The van der Waals surface area contributed by atoms with E-state index in [0.29, 0.717) is 29.7 Å². The highest BCUT2D eigenvalue weighted by Crippen LogP contribution is 2.31. The van der Waals surface area contributed by atoms with Gasteiger partial charge in [0.2, 0.25) is 10.0 Å². The number of rotatable bonds is 6. The first-order valence-corrected chi connectivity index (χ1v) is 7.66. The Bertz CT molecular complexity index is 512. The van der Waals surface area contributed by atoms with Crippen LogP contribution in [0.2, 0.25) is 0 Å². The van der Waals surface area contributed by atoms with Gasteiger partial charge in [0.15, 0.2) is 0 Å². The van der Waals surface area contributed by atoms with Crippen LogP contribution in [0.1, 0.15) is 19.8 Å². The quantitative estimate of drug-likeness (QED) is 0.851. The molecule has 1 aromatic heterocycles. The highest BCUT2D eigenvalue weighted by molar-refractivity contribution is 7.89. The van der Waals surface area contributed by atoms with E-state index in [2.05, 4.69) is 10.3 Å². The molecule has 0 saturated heterocycles. The Morgan fingerprint density at radius 3 is 2.78 bits per heavy atom. The molecule has 0 unspecified atom stereocenters. The zero-order valence-electron chi connectivity index (χ0n) is 10.8. The molecular formula is C12H19N3O2S. The van der Waals surface area contributed by atoms with Crippen LogP contribution >= 0.6 is 0 Å². The van der Waals surface area contributed by atoms with E-state index in [1.165, 1.54) is 6.20 Å². The third-order valence-corrected chi connectivity index (χ3v) is 5.07. The predicted molar refractivity (Wildman–Crippen MR) is 70.9 cm³/mol. The summed E-state index contributed by atoms with van der Waals surface area (Å²) in [4.78, 5) is 4.35. The highest BCUT2D eigenvalue weighted by atomic mass is 32.2. The third-order valence-electron chi connectivity index (χ3n) is 3.14. The summed E-state index contributed by atoms with van der Waals surface area (Å²) in [6.45, 7) is 3.02. The molecular weight excluding hydrogens is 250 g/mol. The molecule has 100 valence electrons. The molecule has 0 atom stereocenters.